The Morgan fingerprint density at radius 3 is 2.23 bits per heavy atom. The lowest BCUT2D eigenvalue weighted by atomic mass is 9.88. The zero-order chi connectivity index (χ0) is 24.7. The predicted octanol–water partition coefficient (Wildman–Crippen LogP) is 6.49. The quantitative estimate of drug-likeness (QED) is 0.323. The van der Waals surface area contributed by atoms with E-state index in [4.69, 9.17) is 0 Å². The van der Waals surface area contributed by atoms with E-state index in [2.05, 4.69) is 66.9 Å². The van der Waals surface area contributed by atoms with Gasteiger partial charge in [-0.2, -0.15) is 4.31 Å². The summed E-state index contributed by atoms with van der Waals surface area (Å²) >= 11 is 0. The number of hydrogen-bond acceptors (Lipinski definition) is 2. The molecule has 1 aliphatic rings. The Labute approximate surface area is 209 Å². The van der Waals surface area contributed by atoms with Gasteiger partial charge in [0.05, 0.1) is 4.90 Å². The van der Waals surface area contributed by atoms with E-state index in [1.807, 2.05) is 26.0 Å². The first-order chi connectivity index (χ1) is 16.8. The summed E-state index contributed by atoms with van der Waals surface area (Å²) in [5.74, 6) is 0.351. The molecule has 0 amide bonds. The van der Waals surface area contributed by atoms with Gasteiger partial charge < -0.3 is 4.57 Å². The van der Waals surface area contributed by atoms with Gasteiger partial charge in [0, 0.05) is 36.2 Å². The largest absolute Gasteiger partial charge is 0.340 e. The first-order valence-corrected chi connectivity index (χ1v) is 13.9. The maximum absolute atomic E-state index is 13.4. The molecule has 5 heteroatoms. The molecule has 0 radical (unpaired) electrons. The van der Waals surface area contributed by atoms with E-state index in [1.54, 1.807) is 10.4 Å². The molecule has 1 aromatic heterocycles. The smallest absolute Gasteiger partial charge is 0.243 e. The molecule has 1 aliphatic heterocycles. The number of para-hydroxylation sites is 1. The molecule has 35 heavy (non-hydrogen) atoms. The molecule has 0 unspecified atom stereocenters. The molecule has 0 spiro atoms. The molecule has 0 bridgehead atoms. The molecule has 0 atom stereocenters. The van der Waals surface area contributed by atoms with E-state index in [0.29, 0.717) is 23.9 Å². The van der Waals surface area contributed by atoms with Crippen LogP contribution in [0.4, 0.5) is 0 Å². The van der Waals surface area contributed by atoms with Gasteiger partial charge in [0.1, 0.15) is 0 Å². The fourth-order valence-corrected chi connectivity index (χ4v) is 7.42. The van der Waals surface area contributed by atoms with Gasteiger partial charge in [0.25, 0.3) is 0 Å². The molecular formula is C30H34N2O2S. The van der Waals surface area contributed by atoms with E-state index in [0.717, 1.165) is 30.5 Å². The Kier molecular flexibility index (Phi) is 6.32. The lowest BCUT2D eigenvalue weighted by molar-refractivity contribution is 0.319. The van der Waals surface area contributed by atoms with Crippen LogP contribution in [-0.4, -0.2) is 30.4 Å². The zero-order valence-electron chi connectivity index (χ0n) is 21.1. The Balaban J connectivity index is 1.44. The van der Waals surface area contributed by atoms with Crippen molar-refractivity contribution >= 4 is 20.9 Å². The zero-order valence-corrected chi connectivity index (χ0v) is 21.9. The highest BCUT2D eigenvalue weighted by Crippen LogP contribution is 2.39. The normalized spacial score (nSPS) is 15.7. The van der Waals surface area contributed by atoms with Crippen molar-refractivity contribution in [3.63, 3.8) is 0 Å². The second-order valence-corrected chi connectivity index (χ2v) is 11.9. The van der Waals surface area contributed by atoms with Crippen LogP contribution in [0.15, 0.2) is 71.6 Å². The van der Waals surface area contributed by atoms with Gasteiger partial charge in [-0.3, -0.25) is 0 Å². The lowest BCUT2D eigenvalue weighted by Crippen LogP contribution is -2.38. The number of aromatic nitrogens is 1. The summed E-state index contributed by atoms with van der Waals surface area (Å²) in [4.78, 5) is 0.438. The molecule has 0 saturated carbocycles. The number of piperidine rings is 1. The van der Waals surface area contributed by atoms with Crippen LogP contribution in [0.2, 0.25) is 0 Å². The van der Waals surface area contributed by atoms with Gasteiger partial charge in [-0.25, -0.2) is 8.42 Å². The summed E-state index contributed by atoms with van der Waals surface area (Å²) in [5.41, 5.74) is 8.48. The van der Waals surface area contributed by atoms with Crippen LogP contribution in [0.3, 0.4) is 0 Å². The minimum atomic E-state index is -3.48. The molecule has 4 aromatic rings. The number of fused-ring (bicyclic) bond motifs is 1. The summed E-state index contributed by atoms with van der Waals surface area (Å²) in [7, 11) is -3.48. The molecule has 182 valence electrons. The minimum absolute atomic E-state index is 0.351. The Morgan fingerprint density at radius 1 is 0.829 bits per heavy atom. The molecular weight excluding hydrogens is 452 g/mol. The van der Waals surface area contributed by atoms with Gasteiger partial charge in [-0.15, -0.1) is 0 Å². The molecule has 1 fully saturated rings. The van der Waals surface area contributed by atoms with Gasteiger partial charge in [-0.05, 0) is 80.8 Å². The number of benzene rings is 3. The maximum Gasteiger partial charge on any atom is 0.243 e. The van der Waals surface area contributed by atoms with Crippen molar-refractivity contribution in [2.45, 2.75) is 57.9 Å². The maximum atomic E-state index is 13.4. The summed E-state index contributed by atoms with van der Waals surface area (Å²) in [6, 6.07) is 22.8. The van der Waals surface area contributed by atoms with Crippen molar-refractivity contribution in [3.8, 4) is 0 Å². The van der Waals surface area contributed by atoms with E-state index < -0.39 is 10.0 Å². The number of sulfonamides is 1. The van der Waals surface area contributed by atoms with Gasteiger partial charge in [-0.1, -0.05) is 60.2 Å². The Bertz CT molecular complexity index is 1490. The number of rotatable bonds is 5. The Morgan fingerprint density at radius 2 is 1.51 bits per heavy atom. The van der Waals surface area contributed by atoms with Crippen molar-refractivity contribution in [1.82, 2.24) is 8.87 Å². The van der Waals surface area contributed by atoms with Crippen LogP contribution in [0, 0.1) is 27.7 Å². The number of aryl methyl sites for hydroxylation is 3. The highest BCUT2D eigenvalue weighted by Gasteiger charge is 2.32. The van der Waals surface area contributed by atoms with Crippen LogP contribution >= 0.6 is 0 Å². The number of hydrogen-bond donors (Lipinski definition) is 0. The monoisotopic (exact) mass is 486 g/mol. The summed E-state index contributed by atoms with van der Waals surface area (Å²) in [6.07, 6.45) is 1.67. The van der Waals surface area contributed by atoms with Crippen LogP contribution in [-0.2, 0) is 16.6 Å². The summed E-state index contributed by atoms with van der Waals surface area (Å²) in [6.45, 7) is 10.2. The fourth-order valence-electron chi connectivity index (χ4n) is 5.75. The first-order valence-electron chi connectivity index (χ1n) is 12.5. The predicted molar refractivity (Wildman–Crippen MR) is 144 cm³/mol. The van der Waals surface area contributed by atoms with E-state index >= 15 is 0 Å². The van der Waals surface area contributed by atoms with Crippen LogP contribution in [0.1, 0.15) is 52.3 Å². The van der Waals surface area contributed by atoms with E-state index in [-0.39, 0.29) is 0 Å². The van der Waals surface area contributed by atoms with Gasteiger partial charge >= 0.3 is 0 Å². The van der Waals surface area contributed by atoms with Crippen molar-refractivity contribution in [1.29, 1.82) is 0 Å². The molecule has 0 aliphatic carbocycles. The standard InChI is InChI=1S/C30H34N2O2S/c1-21-13-14-29(23(3)19-21)35(33,34)31-17-15-25(16-18-31)30-24(4)32(28-12-8-7-11-27(28)30)20-26-10-6-5-9-22(26)2/h5-14,19,25H,15-18,20H2,1-4H3. The van der Waals surface area contributed by atoms with Crippen molar-refractivity contribution in [3.05, 3.63) is 100 Å². The third-order valence-electron chi connectivity index (χ3n) is 7.68. The molecule has 3 aromatic carbocycles. The second kappa shape index (κ2) is 9.29. The van der Waals surface area contributed by atoms with Crippen LogP contribution < -0.4 is 0 Å². The third kappa shape index (κ3) is 4.32. The minimum Gasteiger partial charge on any atom is -0.340 e. The van der Waals surface area contributed by atoms with E-state index in [1.165, 1.54) is 33.3 Å². The average molecular weight is 487 g/mol. The second-order valence-electron chi connectivity index (χ2n) is 9.98. The lowest BCUT2D eigenvalue weighted by Gasteiger charge is -2.32. The Hall–Kier alpha value is -2.89. The summed E-state index contributed by atoms with van der Waals surface area (Å²) < 4.78 is 30.9. The number of nitrogens with zero attached hydrogens (tertiary/aromatic N) is 2. The molecule has 1 saturated heterocycles. The molecule has 4 nitrogen and oxygen atoms in total. The van der Waals surface area contributed by atoms with Crippen molar-refractivity contribution < 1.29 is 8.42 Å². The molecule has 0 N–H and O–H groups in total. The van der Waals surface area contributed by atoms with Crippen LogP contribution in [0.25, 0.3) is 10.9 Å². The average Bonchev–Trinajstić information content (AvgIpc) is 3.11. The highest BCUT2D eigenvalue weighted by atomic mass is 32.2. The molecule has 2 heterocycles. The van der Waals surface area contributed by atoms with Crippen molar-refractivity contribution in [2.24, 2.45) is 0 Å². The highest BCUT2D eigenvalue weighted by molar-refractivity contribution is 7.89. The van der Waals surface area contributed by atoms with Gasteiger partial charge in [0.2, 0.25) is 10.0 Å². The SMILES string of the molecule is Cc1ccc(S(=O)(=O)N2CCC(c3c(C)n(Cc4ccccc4C)c4ccccc34)CC2)c(C)c1. The topological polar surface area (TPSA) is 42.3 Å². The molecule has 5 rings (SSSR count). The van der Waals surface area contributed by atoms with Crippen LogP contribution in [0.5, 0.6) is 0 Å². The fraction of sp³-hybridized carbons (Fsp3) is 0.333. The van der Waals surface area contributed by atoms with Gasteiger partial charge in [0.15, 0.2) is 0 Å². The summed E-state index contributed by atoms with van der Waals surface area (Å²) in [5, 5.41) is 1.30. The first kappa shape index (κ1) is 23.8. The van der Waals surface area contributed by atoms with Crippen molar-refractivity contribution in [2.75, 3.05) is 13.1 Å². The van der Waals surface area contributed by atoms with E-state index in [9.17, 15) is 8.42 Å². The third-order valence-corrected chi connectivity index (χ3v) is 9.74.